The third kappa shape index (κ3) is 5.79. The number of fused-ring (bicyclic) bond motifs is 3. The Kier molecular flexibility index (Phi) is 10.3. The molecule has 13 nitrogen and oxygen atoms in total. The second-order valence-electron chi connectivity index (χ2n) is 12.1. The fourth-order valence-corrected chi connectivity index (χ4v) is 7.41. The van der Waals surface area contributed by atoms with Crippen molar-refractivity contribution in [2.45, 2.75) is 48.0 Å². The summed E-state index contributed by atoms with van der Waals surface area (Å²) in [4.78, 5) is 13.9. The summed E-state index contributed by atoms with van der Waals surface area (Å²) < 4.78 is 41.3. The number of amides is 1. The van der Waals surface area contributed by atoms with E-state index in [2.05, 4.69) is 17.9 Å². The molecule has 1 amide bonds. The van der Waals surface area contributed by atoms with Crippen LogP contribution in [-0.4, -0.2) is 104 Å². The Morgan fingerprint density at radius 2 is 1.78 bits per heavy atom. The summed E-state index contributed by atoms with van der Waals surface area (Å²) in [5.41, 5.74) is -2.77. The van der Waals surface area contributed by atoms with Crippen LogP contribution in [-0.2, 0) is 30.2 Å². The Labute approximate surface area is 289 Å². The van der Waals surface area contributed by atoms with Gasteiger partial charge in [-0.15, -0.1) is 0 Å². The second kappa shape index (κ2) is 14.3. The Bertz CT molecular complexity index is 1610. The van der Waals surface area contributed by atoms with E-state index in [1.807, 2.05) is 30.3 Å². The normalized spacial score (nSPS) is 30.9. The summed E-state index contributed by atoms with van der Waals surface area (Å²) in [7, 11) is 4.34. The summed E-state index contributed by atoms with van der Waals surface area (Å²) in [6.07, 6.45) is -5.99. The van der Waals surface area contributed by atoms with Crippen LogP contribution in [0.5, 0.6) is 23.0 Å². The van der Waals surface area contributed by atoms with Gasteiger partial charge in [0.05, 0.1) is 38.9 Å². The fourth-order valence-electron chi connectivity index (χ4n) is 7.30. The number of hydrogen-bond donors (Lipinski definition) is 6. The van der Waals surface area contributed by atoms with Crippen LogP contribution in [0.4, 0.5) is 0 Å². The molecule has 3 aromatic rings. The molecule has 1 saturated carbocycles. The summed E-state index contributed by atoms with van der Waals surface area (Å²) in [6, 6.07) is 19.0. The van der Waals surface area contributed by atoms with Gasteiger partial charge < -0.3 is 58.9 Å². The molecular weight excluding hydrogens is 658 g/mol. The Balaban J connectivity index is 1.52. The van der Waals surface area contributed by atoms with Crippen LogP contribution in [0.25, 0.3) is 0 Å². The number of aliphatic hydroxyl groups is 4. The van der Waals surface area contributed by atoms with Crippen LogP contribution in [0.1, 0.15) is 22.6 Å². The van der Waals surface area contributed by atoms with Crippen molar-refractivity contribution in [1.29, 1.82) is 0 Å². The van der Waals surface area contributed by atoms with Gasteiger partial charge in [0.25, 0.3) is 6.29 Å². The fraction of sp³-hybridized carbons (Fsp3) is 0.457. The van der Waals surface area contributed by atoms with E-state index in [9.17, 15) is 25.2 Å². The highest BCUT2D eigenvalue weighted by Gasteiger charge is 2.78. The summed E-state index contributed by atoms with van der Waals surface area (Å²) >= 11 is 4.24. The molecule has 2 aliphatic heterocycles. The summed E-state index contributed by atoms with van der Waals surface area (Å²) in [5, 5.41) is 47.9. The average Bonchev–Trinajstić information content (AvgIpc) is 3.51. The first-order chi connectivity index (χ1) is 23.7. The highest BCUT2D eigenvalue weighted by molar-refractivity contribution is 7.80. The highest BCUT2D eigenvalue weighted by atomic mass is 32.1. The lowest BCUT2D eigenvalue weighted by atomic mass is 9.70. The lowest BCUT2D eigenvalue weighted by Crippen LogP contribution is -2.52. The van der Waals surface area contributed by atoms with Gasteiger partial charge >= 0.3 is 0 Å². The Hall–Kier alpha value is -3.60. The average molecular weight is 700 g/mol. The van der Waals surface area contributed by atoms with Gasteiger partial charge in [0.1, 0.15) is 41.3 Å². The van der Waals surface area contributed by atoms with Gasteiger partial charge in [0.2, 0.25) is 12.2 Å². The van der Waals surface area contributed by atoms with E-state index < -0.39 is 66.4 Å². The molecule has 2 heterocycles. The van der Waals surface area contributed by atoms with E-state index in [0.29, 0.717) is 22.6 Å². The molecule has 3 aromatic carbocycles. The summed E-state index contributed by atoms with van der Waals surface area (Å²) in [6.45, 7) is -0.354. The maximum atomic E-state index is 13.9. The molecule has 0 aromatic heterocycles. The zero-order valence-electron chi connectivity index (χ0n) is 27.2. The number of methoxy groups -OCH3 is 3. The molecule has 264 valence electrons. The molecule has 1 aliphatic carbocycles. The second-order valence-corrected chi connectivity index (χ2v) is 12.5. The van der Waals surface area contributed by atoms with E-state index in [1.165, 1.54) is 33.5 Å². The van der Waals surface area contributed by atoms with Crippen molar-refractivity contribution in [2.75, 3.05) is 46.8 Å². The van der Waals surface area contributed by atoms with Crippen molar-refractivity contribution in [3.05, 3.63) is 83.4 Å². The predicted molar refractivity (Wildman–Crippen MR) is 177 cm³/mol. The number of carbonyl (C=O) groups is 1. The first-order valence-electron chi connectivity index (χ1n) is 15.8. The Morgan fingerprint density at radius 3 is 2.41 bits per heavy atom. The molecule has 1 unspecified atom stereocenters. The number of ether oxygens (including phenoxy) is 7. The van der Waals surface area contributed by atoms with Gasteiger partial charge in [-0.05, 0) is 23.3 Å². The maximum absolute atomic E-state index is 13.9. The quantitative estimate of drug-likeness (QED) is 0.151. The van der Waals surface area contributed by atoms with E-state index in [0.717, 1.165) is 0 Å². The maximum Gasteiger partial charge on any atom is 0.251 e. The number of carbonyl (C=O) groups excluding carboxylic acids is 1. The first kappa shape index (κ1) is 35.2. The minimum atomic E-state index is -2.24. The Morgan fingerprint density at radius 1 is 1.04 bits per heavy atom. The zero-order chi connectivity index (χ0) is 34.9. The van der Waals surface area contributed by atoms with Crippen LogP contribution >= 0.6 is 12.6 Å². The molecule has 1 saturated heterocycles. The molecule has 9 atom stereocenters. The number of hydrogen-bond acceptors (Lipinski definition) is 13. The van der Waals surface area contributed by atoms with Crippen LogP contribution < -0.4 is 24.3 Å². The number of nitrogens with one attached hydrogen (secondary N) is 1. The van der Waals surface area contributed by atoms with Crippen molar-refractivity contribution in [3.8, 4) is 23.0 Å². The third-order valence-corrected chi connectivity index (χ3v) is 9.71. The molecular formula is C35H41NO12S. The highest BCUT2D eigenvalue weighted by Crippen LogP contribution is 2.70. The minimum absolute atomic E-state index is 0.0460. The van der Waals surface area contributed by atoms with Gasteiger partial charge in [0.15, 0.2) is 11.2 Å². The van der Waals surface area contributed by atoms with E-state index in [1.54, 1.807) is 24.3 Å². The van der Waals surface area contributed by atoms with Crippen molar-refractivity contribution in [3.63, 3.8) is 0 Å². The molecule has 2 fully saturated rings. The molecule has 0 bridgehead atoms. The van der Waals surface area contributed by atoms with Crippen molar-refractivity contribution in [2.24, 2.45) is 5.92 Å². The van der Waals surface area contributed by atoms with Crippen LogP contribution in [0, 0.1) is 5.92 Å². The number of aliphatic hydroxyl groups excluding tert-OH is 3. The van der Waals surface area contributed by atoms with Crippen LogP contribution in [0.3, 0.4) is 0 Å². The topological polar surface area (TPSA) is 175 Å². The largest absolute Gasteiger partial charge is 0.497 e. The SMILES string of the molecule is COc1ccc([C@@]23Oc4cc(O[C@@H]5O[C@@H](C(O)CO)CO[C@H]5OC)cc(OC)c4[C@]2(O)[C@H](O)[C@H](C(=O)NCCS)[C@H]3c2ccccc2)cc1. The van der Waals surface area contributed by atoms with Crippen LogP contribution in [0.15, 0.2) is 66.7 Å². The number of rotatable bonds is 12. The van der Waals surface area contributed by atoms with Crippen molar-refractivity contribution >= 4 is 18.5 Å². The first-order valence-corrected chi connectivity index (χ1v) is 16.5. The number of benzene rings is 3. The molecule has 14 heteroatoms. The minimum Gasteiger partial charge on any atom is -0.497 e. The number of thiol groups is 1. The molecule has 6 rings (SSSR count). The van der Waals surface area contributed by atoms with Crippen molar-refractivity contribution in [1.82, 2.24) is 5.32 Å². The van der Waals surface area contributed by atoms with Crippen molar-refractivity contribution < 1.29 is 58.4 Å². The van der Waals surface area contributed by atoms with Gasteiger partial charge in [-0.3, -0.25) is 4.79 Å². The molecule has 0 radical (unpaired) electrons. The molecule has 5 N–H and O–H groups in total. The molecule has 3 aliphatic rings. The van der Waals surface area contributed by atoms with Gasteiger partial charge in [-0.1, -0.05) is 42.5 Å². The van der Waals surface area contributed by atoms with E-state index >= 15 is 0 Å². The van der Waals surface area contributed by atoms with Gasteiger partial charge in [0, 0.05) is 37.5 Å². The van der Waals surface area contributed by atoms with Gasteiger partial charge in [-0.2, -0.15) is 12.6 Å². The predicted octanol–water partition coefficient (Wildman–Crippen LogP) is 1.45. The van der Waals surface area contributed by atoms with E-state index in [-0.39, 0.29) is 36.0 Å². The molecule has 0 spiro atoms. The van der Waals surface area contributed by atoms with Crippen LogP contribution in [0.2, 0.25) is 0 Å². The van der Waals surface area contributed by atoms with E-state index in [4.69, 9.17) is 33.2 Å². The third-order valence-electron chi connectivity index (χ3n) is 9.49. The monoisotopic (exact) mass is 699 g/mol. The standard InChI is InChI=1S/C35H41NO12S/c1-42-21-11-9-20(10-12-21)35-28(19-7-5-4-6-8-19)27(31(40)36-13-14-49)30(39)34(35,41)29-24(43-2)15-22(16-25(29)48-35)46-33-32(44-3)45-18-26(47-33)23(38)17-37/h4-12,15-16,23,26-28,30,32-33,37-39,41,49H,13-14,17-18H2,1-3H3,(H,36,40)/t23?,26-,27-,28-,30-,32-,33-,34+,35+/m1/s1. The zero-order valence-corrected chi connectivity index (χ0v) is 28.1. The lowest BCUT2D eigenvalue weighted by molar-refractivity contribution is -0.324. The lowest BCUT2D eigenvalue weighted by Gasteiger charge is -2.40. The van der Waals surface area contributed by atoms with Gasteiger partial charge in [-0.25, -0.2) is 0 Å². The molecule has 49 heavy (non-hydrogen) atoms. The summed E-state index contributed by atoms with van der Waals surface area (Å²) in [5.74, 6) is -1.26. The smallest absolute Gasteiger partial charge is 0.251 e.